The van der Waals surface area contributed by atoms with Crippen LogP contribution in [0.4, 0.5) is 0 Å². The van der Waals surface area contributed by atoms with E-state index in [4.69, 9.17) is 10.5 Å². The second kappa shape index (κ2) is 7.23. The topological polar surface area (TPSA) is 82.2 Å². The number of aryl methyl sites for hydroxylation is 2. The number of ether oxygens (including phenoxy) is 1. The predicted molar refractivity (Wildman–Crippen MR) is 72.1 cm³/mol. The maximum atomic E-state index is 11.5. The van der Waals surface area contributed by atoms with Gasteiger partial charge < -0.3 is 15.8 Å². The van der Waals surface area contributed by atoms with E-state index in [0.717, 1.165) is 11.4 Å². The third-order valence-electron chi connectivity index (χ3n) is 2.55. The summed E-state index contributed by atoms with van der Waals surface area (Å²) in [5.41, 5.74) is 7.10. The molecule has 0 aliphatic carbocycles. The highest BCUT2D eigenvalue weighted by Gasteiger charge is 2.13. The summed E-state index contributed by atoms with van der Waals surface area (Å²) in [6.07, 6.45) is 0. The summed E-state index contributed by atoms with van der Waals surface area (Å²) in [7, 11) is 1.84. The van der Waals surface area contributed by atoms with Gasteiger partial charge in [-0.25, -0.2) is 0 Å². The van der Waals surface area contributed by atoms with Crippen molar-refractivity contribution in [3.63, 3.8) is 0 Å². The van der Waals surface area contributed by atoms with Crippen LogP contribution in [-0.4, -0.2) is 34.9 Å². The summed E-state index contributed by atoms with van der Waals surface area (Å²) < 4.78 is 7.19. The van der Waals surface area contributed by atoms with Gasteiger partial charge in [-0.3, -0.25) is 9.48 Å². The van der Waals surface area contributed by atoms with Crippen molar-refractivity contribution >= 4 is 18.3 Å². The van der Waals surface area contributed by atoms with Gasteiger partial charge in [0.15, 0.2) is 12.4 Å². The smallest absolute Gasteiger partial charge is 0.258 e. The molecule has 6 nitrogen and oxygen atoms in total. The minimum Gasteiger partial charge on any atom is -0.480 e. The molecule has 0 aliphatic heterocycles. The fourth-order valence-corrected chi connectivity index (χ4v) is 1.48. The number of amides is 1. The Hall–Kier alpha value is -1.27. The van der Waals surface area contributed by atoms with Gasteiger partial charge >= 0.3 is 0 Å². The molecule has 18 heavy (non-hydrogen) atoms. The molecule has 1 aromatic heterocycles. The monoisotopic (exact) mass is 276 g/mol. The highest BCUT2D eigenvalue weighted by molar-refractivity contribution is 5.85. The summed E-state index contributed by atoms with van der Waals surface area (Å²) >= 11 is 0. The minimum absolute atomic E-state index is 0. The number of nitrogens with zero attached hydrogens (tertiary/aromatic N) is 2. The average Bonchev–Trinajstić information content (AvgIpc) is 2.51. The average molecular weight is 277 g/mol. The molecule has 3 N–H and O–H groups in total. The molecule has 1 rings (SSSR count). The van der Waals surface area contributed by atoms with Crippen molar-refractivity contribution in [2.45, 2.75) is 26.8 Å². The molecule has 0 saturated heterocycles. The Balaban J connectivity index is 0.00000289. The molecular formula is C11H21ClN4O2. The number of nitrogens with one attached hydrogen (secondary N) is 1. The Bertz CT molecular complexity index is 406. The molecule has 0 aromatic carbocycles. The van der Waals surface area contributed by atoms with Gasteiger partial charge in [-0.05, 0) is 20.8 Å². The van der Waals surface area contributed by atoms with Crippen LogP contribution in [0.2, 0.25) is 0 Å². The van der Waals surface area contributed by atoms with Crippen molar-refractivity contribution in [2.24, 2.45) is 12.8 Å². The van der Waals surface area contributed by atoms with E-state index in [2.05, 4.69) is 10.4 Å². The van der Waals surface area contributed by atoms with Crippen molar-refractivity contribution in [3.8, 4) is 5.75 Å². The molecule has 0 saturated carbocycles. The van der Waals surface area contributed by atoms with E-state index in [-0.39, 0.29) is 31.0 Å². The molecule has 7 heteroatoms. The third kappa shape index (κ3) is 4.19. The summed E-state index contributed by atoms with van der Waals surface area (Å²) in [6.45, 7) is 5.99. The van der Waals surface area contributed by atoms with Gasteiger partial charge in [0, 0.05) is 19.6 Å². The van der Waals surface area contributed by atoms with Crippen LogP contribution in [0, 0.1) is 13.8 Å². The highest BCUT2D eigenvalue weighted by Crippen LogP contribution is 2.20. The zero-order valence-corrected chi connectivity index (χ0v) is 12.0. The van der Waals surface area contributed by atoms with Crippen LogP contribution in [0.3, 0.4) is 0 Å². The van der Waals surface area contributed by atoms with Crippen molar-refractivity contribution in [2.75, 3.05) is 13.2 Å². The molecule has 104 valence electrons. The Morgan fingerprint density at radius 3 is 2.61 bits per heavy atom. The first-order chi connectivity index (χ1) is 7.95. The van der Waals surface area contributed by atoms with E-state index in [1.807, 2.05) is 27.8 Å². The molecule has 0 aliphatic rings. The van der Waals surface area contributed by atoms with E-state index in [0.29, 0.717) is 12.3 Å². The van der Waals surface area contributed by atoms with E-state index < -0.39 is 0 Å². The SMILES string of the molecule is Cc1nn(C)c(C)c1OCC(=O)N[C@@H](C)CN.Cl. The van der Waals surface area contributed by atoms with Crippen LogP contribution in [0.15, 0.2) is 0 Å². The number of nitrogens with two attached hydrogens (primary N) is 1. The molecule has 0 fully saturated rings. The van der Waals surface area contributed by atoms with Crippen molar-refractivity contribution in [1.82, 2.24) is 15.1 Å². The van der Waals surface area contributed by atoms with E-state index in [1.165, 1.54) is 0 Å². The van der Waals surface area contributed by atoms with E-state index in [1.54, 1.807) is 4.68 Å². The van der Waals surface area contributed by atoms with Gasteiger partial charge in [-0.1, -0.05) is 0 Å². The van der Waals surface area contributed by atoms with Gasteiger partial charge in [-0.2, -0.15) is 5.10 Å². The fraction of sp³-hybridized carbons (Fsp3) is 0.636. The van der Waals surface area contributed by atoms with Gasteiger partial charge in [0.2, 0.25) is 0 Å². The number of aromatic nitrogens is 2. The lowest BCUT2D eigenvalue weighted by molar-refractivity contribution is -0.123. The summed E-state index contributed by atoms with van der Waals surface area (Å²) in [5, 5.41) is 6.93. The first-order valence-electron chi connectivity index (χ1n) is 5.58. The van der Waals surface area contributed by atoms with Crippen LogP contribution < -0.4 is 15.8 Å². The molecule has 0 unspecified atom stereocenters. The molecule has 0 bridgehead atoms. The largest absolute Gasteiger partial charge is 0.480 e. The normalized spacial score (nSPS) is 11.6. The third-order valence-corrected chi connectivity index (χ3v) is 2.55. The lowest BCUT2D eigenvalue weighted by Gasteiger charge is -2.12. The Morgan fingerprint density at radius 1 is 1.56 bits per heavy atom. The molecule has 1 atom stereocenters. The zero-order chi connectivity index (χ0) is 13.0. The van der Waals surface area contributed by atoms with Crippen LogP contribution in [0.25, 0.3) is 0 Å². The maximum Gasteiger partial charge on any atom is 0.258 e. The van der Waals surface area contributed by atoms with Crippen molar-refractivity contribution in [3.05, 3.63) is 11.4 Å². The van der Waals surface area contributed by atoms with Gasteiger partial charge in [0.05, 0.1) is 5.69 Å². The Labute approximate surface area is 113 Å². The molecule has 1 aromatic rings. The molecule has 1 heterocycles. The summed E-state index contributed by atoms with van der Waals surface area (Å²) in [5.74, 6) is 0.494. The minimum atomic E-state index is -0.175. The van der Waals surface area contributed by atoms with Gasteiger partial charge in [0.25, 0.3) is 5.91 Å². The van der Waals surface area contributed by atoms with E-state index in [9.17, 15) is 4.79 Å². The highest BCUT2D eigenvalue weighted by atomic mass is 35.5. The quantitative estimate of drug-likeness (QED) is 0.810. The lowest BCUT2D eigenvalue weighted by Crippen LogP contribution is -2.40. The second-order valence-electron chi connectivity index (χ2n) is 4.12. The summed E-state index contributed by atoms with van der Waals surface area (Å²) in [4.78, 5) is 11.5. The van der Waals surface area contributed by atoms with Crippen molar-refractivity contribution in [1.29, 1.82) is 0 Å². The molecule has 1 amide bonds. The maximum absolute atomic E-state index is 11.5. The number of hydrogen-bond donors (Lipinski definition) is 2. The van der Waals surface area contributed by atoms with Crippen LogP contribution in [-0.2, 0) is 11.8 Å². The van der Waals surface area contributed by atoms with Gasteiger partial charge in [0.1, 0.15) is 5.69 Å². The first-order valence-corrected chi connectivity index (χ1v) is 5.58. The predicted octanol–water partition coefficient (Wildman–Crippen LogP) is 0.301. The molecular weight excluding hydrogens is 256 g/mol. The van der Waals surface area contributed by atoms with Crippen molar-refractivity contribution < 1.29 is 9.53 Å². The van der Waals surface area contributed by atoms with Gasteiger partial charge in [-0.15, -0.1) is 12.4 Å². The Morgan fingerprint density at radius 2 is 2.17 bits per heavy atom. The Kier molecular flexibility index (Phi) is 6.72. The standard InChI is InChI=1S/C11H20N4O2.ClH/c1-7(5-12)13-10(16)6-17-11-8(2)14-15(4)9(11)3;/h7H,5-6,12H2,1-4H3,(H,13,16);1H/t7-;/m0./s1. The van der Waals surface area contributed by atoms with Crippen LogP contribution in [0.1, 0.15) is 18.3 Å². The number of carbonyl (C=O) groups is 1. The first kappa shape index (κ1) is 16.7. The lowest BCUT2D eigenvalue weighted by atomic mass is 10.3. The number of rotatable bonds is 5. The van der Waals surface area contributed by atoms with E-state index >= 15 is 0 Å². The summed E-state index contributed by atoms with van der Waals surface area (Å²) in [6, 6.07) is -0.0396. The second-order valence-corrected chi connectivity index (χ2v) is 4.12. The fourth-order valence-electron chi connectivity index (χ4n) is 1.48. The number of hydrogen-bond acceptors (Lipinski definition) is 4. The molecule has 0 radical (unpaired) electrons. The van der Waals surface area contributed by atoms with Crippen LogP contribution in [0.5, 0.6) is 5.75 Å². The molecule has 0 spiro atoms. The zero-order valence-electron chi connectivity index (χ0n) is 11.2. The number of carbonyl (C=O) groups excluding carboxylic acids is 1. The van der Waals surface area contributed by atoms with Crippen LogP contribution >= 0.6 is 12.4 Å². The number of halogens is 1.